The second-order valence-electron chi connectivity index (χ2n) is 7.66. The molecule has 0 saturated heterocycles. The normalized spacial score (nSPS) is 20.1. The van der Waals surface area contributed by atoms with Crippen molar-refractivity contribution in [1.29, 1.82) is 0 Å². The Hall–Kier alpha value is -1.84. The average molecular weight is 376 g/mol. The van der Waals surface area contributed by atoms with Crippen LogP contribution in [0.1, 0.15) is 70.9 Å². The predicted octanol–water partition coefficient (Wildman–Crippen LogP) is 5.53. The lowest BCUT2D eigenvalue weighted by molar-refractivity contribution is -0.147. The van der Waals surface area contributed by atoms with E-state index in [0.717, 1.165) is 36.8 Å². The average Bonchev–Trinajstić information content (AvgIpc) is 2.67. The predicted molar refractivity (Wildman–Crippen MR) is 112 cm³/mol. The molecule has 1 aromatic carbocycles. The van der Waals surface area contributed by atoms with E-state index in [1.54, 1.807) is 0 Å². The second kappa shape index (κ2) is 11.8. The highest BCUT2D eigenvalue weighted by atomic mass is 16.5. The summed E-state index contributed by atoms with van der Waals surface area (Å²) in [5.41, 5.74) is 3.39. The van der Waals surface area contributed by atoms with Gasteiger partial charge in [0.15, 0.2) is 0 Å². The van der Waals surface area contributed by atoms with Crippen LogP contribution in [-0.2, 0) is 20.7 Å². The van der Waals surface area contributed by atoms with Gasteiger partial charge < -0.3 is 10.1 Å². The number of esters is 1. The van der Waals surface area contributed by atoms with E-state index in [4.69, 9.17) is 4.74 Å². The number of hydrogen-bond acceptors (Lipinski definition) is 3. The Morgan fingerprint density at radius 1 is 1.19 bits per heavy atom. The van der Waals surface area contributed by atoms with E-state index < -0.39 is 0 Å². The van der Waals surface area contributed by atoms with E-state index in [1.165, 1.54) is 44.4 Å². The Kier molecular flexibility index (Phi) is 10.1. The number of carbonyl (C=O) groups is 2. The zero-order valence-corrected chi connectivity index (χ0v) is 17.9. The van der Waals surface area contributed by atoms with Crippen LogP contribution in [0.3, 0.4) is 0 Å². The van der Waals surface area contributed by atoms with E-state index >= 15 is 0 Å². The number of benzene rings is 1. The van der Waals surface area contributed by atoms with Gasteiger partial charge in [0.25, 0.3) is 0 Å². The summed E-state index contributed by atoms with van der Waals surface area (Å²) in [6, 6.07) is 5.96. The number of anilines is 1. The lowest BCUT2D eigenvalue weighted by Gasteiger charge is -2.30. The number of nitrogens with one attached hydrogen (secondary N) is 1. The van der Waals surface area contributed by atoms with Gasteiger partial charge in [0, 0.05) is 12.6 Å². The second-order valence-corrected chi connectivity index (χ2v) is 7.66. The maximum Gasteiger partial charge on any atom is 0.308 e. The number of methoxy groups -OCH3 is 1. The van der Waals surface area contributed by atoms with Gasteiger partial charge in [0.2, 0.25) is 5.91 Å². The molecule has 1 fully saturated rings. The van der Waals surface area contributed by atoms with Crippen LogP contribution in [0, 0.1) is 24.7 Å². The summed E-state index contributed by atoms with van der Waals surface area (Å²) in [6.07, 6.45) is 6.67. The van der Waals surface area contributed by atoms with Gasteiger partial charge in [-0.25, -0.2) is 0 Å². The first-order valence-corrected chi connectivity index (χ1v) is 10.3. The maximum absolute atomic E-state index is 11.3. The fourth-order valence-corrected chi connectivity index (χ4v) is 3.90. The smallest absolute Gasteiger partial charge is 0.308 e. The van der Waals surface area contributed by atoms with Crippen molar-refractivity contribution in [3.63, 3.8) is 0 Å². The van der Waals surface area contributed by atoms with Crippen molar-refractivity contribution in [2.45, 2.75) is 73.1 Å². The maximum atomic E-state index is 11.3. The number of carbonyl (C=O) groups excluding carboxylic acids is 2. The largest absolute Gasteiger partial charge is 0.469 e. The molecule has 152 valence electrons. The Bertz CT molecular complexity index is 604. The monoisotopic (exact) mass is 375 g/mol. The highest BCUT2D eigenvalue weighted by molar-refractivity contribution is 5.89. The molecule has 0 bridgehead atoms. The van der Waals surface area contributed by atoms with Gasteiger partial charge in [-0.15, -0.1) is 0 Å². The molecular formula is C23H37NO3. The molecular weight excluding hydrogens is 338 g/mol. The van der Waals surface area contributed by atoms with Crippen LogP contribution in [0.4, 0.5) is 5.69 Å². The minimum Gasteiger partial charge on any atom is -0.469 e. The SMILES string of the molecule is CCC(C)C1CCC(C(=O)OC)CC1.CCc1c(C)cccc1NC(C)=O. The van der Waals surface area contributed by atoms with Crippen LogP contribution in [0.15, 0.2) is 18.2 Å². The highest BCUT2D eigenvalue weighted by Gasteiger charge is 2.28. The molecule has 1 saturated carbocycles. The van der Waals surface area contributed by atoms with E-state index in [0.29, 0.717) is 0 Å². The first-order valence-electron chi connectivity index (χ1n) is 10.3. The van der Waals surface area contributed by atoms with Gasteiger partial charge in [-0.3, -0.25) is 9.59 Å². The molecule has 27 heavy (non-hydrogen) atoms. The lowest BCUT2D eigenvalue weighted by Crippen LogP contribution is -2.25. The van der Waals surface area contributed by atoms with Crippen molar-refractivity contribution in [3.05, 3.63) is 29.3 Å². The molecule has 4 nitrogen and oxygen atoms in total. The molecule has 0 aromatic heterocycles. The zero-order chi connectivity index (χ0) is 20.4. The third-order valence-corrected chi connectivity index (χ3v) is 5.83. The molecule has 1 amide bonds. The topological polar surface area (TPSA) is 55.4 Å². The first kappa shape index (κ1) is 23.2. The molecule has 1 aliphatic carbocycles. The van der Waals surface area contributed by atoms with Crippen LogP contribution < -0.4 is 5.32 Å². The van der Waals surface area contributed by atoms with Gasteiger partial charge in [-0.1, -0.05) is 39.3 Å². The first-order chi connectivity index (χ1) is 12.8. The number of hydrogen-bond donors (Lipinski definition) is 1. The van der Waals surface area contributed by atoms with E-state index in [1.807, 2.05) is 12.1 Å². The fraction of sp³-hybridized carbons (Fsp3) is 0.652. The number of rotatable bonds is 5. The molecule has 1 atom stereocenters. The van der Waals surface area contributed by atoms with Crippen molar-refractivity contribution >= 4 is 17.6 Å². The number of ether oxygens (including phenoxy) is 1. The van der Waals surface area contributed by atoms with Crippen molar-refractivity contribution in [2.75, 3.05) is 12.4 Å². The van der Waals surface area contributed by atoms with Crippen LogP contribution in [0.5, 0.6) is 0 Å². The lowest BCUT2D eigenvalue weighted by atomic mass is 9.75. The molecule has 1 N–H and O–H groups in total. The van der Waals surface area contributed by atoms with Crippen molar-refractivity contribution in [1.82, 2.24) is 0 Å². The molecule has 1 unspecified atom stereocenters. The van der Waals surface area contributed by atoms with Crippen molar-refractivity contribution in [3.8, 4) is 0 Å². The third-order valence-electron chi connectivity index (χ3n) is 5.83. The Balaban J connectivity index is 0.000000271. The minimum atomic E-state index is -0.0136. The summed E-state index contributed by atoms with van der Waals surface area (Å²) in [7, 11) is 1.49. The summed E-state index contributed by atoms with van der Waals surface area (Å²) < 4.78 is 4.77. The van der Waals surface area contributed by atoms with Gasteiger partial charge in [0.05, 0.1) is 13.0 Å². The van der Waals surface area contributed by atoms with Gasteiger partial charge in [-0.05, 0) is 68.1 Å². The third kappa shape index (κ3) is 7.36. The van der Waals surface area contributed by atoms with Crippen LogP contribution in [0.2, 0.25) is 0 Å². The summed E-state index contributed by atoms with van der Waals surface area (Å²) in [4.78, 5) is 22.2. The van der Waals surface area contributed by atoms with Gasteiger partial charge >= 0.3 is 5.97 Å². The van der Waals surface area contributed by atoms with Gasteiger partial charge in [0.1, 0.15) is 0 Å². The summed E-state index contributed by atoms with van der Waals surface area (Å²) >= 11 is 0. The van der Waals surface area contributed by atoms with E-state index in [9.17, 15) is 9.59 Å². The highest BCUT2D eigenvalue weighted by Crippen LogP contribution is 2.34. The number of amides is 1. The summed E-state index contributed by atoms with van der Waals surface area (Å²) in [6.45, 7) is 10.2. The summed E-state index contributed by atoms with van der Waals surface area (Å²) in [5.74, 6) is 1.81. The Labute approximate surface area is 165 Å². The summed E-state index contributed by atoms with van der Waals surface area (Å²) in [5, 5.41) is 2.83. The number of aryl methyl sites for hydroxylation is 1. The van der Waals surface area contributed by atoms with E-state index in [2.05, 4.69) is 39.1 Å². The molecule has 0 spiro atoms. The molecule has 1 aromatic rings. The van der Waals surface area contributed by atoms with E-state index in [-0.39, 0.29) is 17.8 Å². The molecule has 0 heterocycles. The Morgan fingerprint density at radius 2 is 1.81 bits per heavy atom. The quantitative estimate of drug-likeness (QED) is 0.689. The van der Waals surface area contributed by atoms with Crippen LogP contribution in [0.25, 0.3) is 0 Å². The molecule has 0 aliphatic heterocycles. The molecule has 1 aliphatic rings. The van der Waals surface area contributed by atoms with Crippen LogP contribution in [-0.4, -0.2) is 19.0 Å². The van der Waals surface area contributed by atoms with Crippen molar-refractivity contribution in [2.24, 2.45) is 17.8 Å². The van der Waals surface area contributed by atoms with Crippen LogP contribution >= 0.6 is 0 Å². The zero-order valence-electron chi connectivity index (χ0n) is 17.9. The molecule has 0 radical (unpaired) electrons. The van der Waals surface area contributed by atoms with Gasteiger partial charge in [-0.2, -0.15) is 0 Å². The standard InChI is InChI=1S/C12H22O2.C11H15NO/c1-4-9(2)10-5-7-11(8-6-10)12(13)14-3;1-4-10-8(2)6-5-7-11(10)12-9(3)13/h9-11H,4-8H2,1-3H3;5-7H,4H2,1-3H3,(H,12,13). The molecule has 4 heteroatoms. The Morgan fingerprint density at radius 3 is 2.30 bits per heavy atom. The molecule has 2 rings (SSSR count). The fourth-order valence-electron chi connectivity index (χ4n) is 3.90. The van der Waals surface area contributed by atoms with Crippen molar-refractivity contribution < 1.29 is 14.3 Å². The minimum absolute atomic E-state index is 0.00685.